The maximum Gasteiger partial charge on any atom is 0.175 e. The summed E-state index contributed by atoms with van der Waals surface area (Å²) in [6.45, 7) is 6.86. The zero-order chi connectivity index (χ0) is 19.8. The van der Waals surface area contributed by atoms with E-state index in [4.69, 9.17) is 9.47 Å². The van der Waals surface area contributed by atoms with Gasteiger partial charge in [0.2, 0.25) is 0 Å². The van der Waals surface area contributed by atoms with Gasteiger partial charge in [-0.25, -0.2) is 0 Å². The van der Waals surface area contributed by atoms with Crippen LogP contribution in [0, 0.1) is 6.92 Å². The summed E-state index contributed by atoms with van der Waals surface area (Å²) in [6.07, 6.45) is 5.92. The second-order valence-corrected chi connectivity index (χ2v) is 8.10. The highest BCUT2D eigenvalue weighted by Crippen LogP contribution is 2.36. The van der Waals surface area contributed by atoms with E-state index in [0.29, 0.717) is 12.4 Å². The first kappa shape index (κ1) is 20.9. The number of aryl methyl sites for hydroxylation is 1. The monoisotopic (exact) mass is 444 g/mol. The van der Waals surface area contributed by atoms with Crippen LogP contribution in [-0.2, 0) is 6.61 Å². The number of likely N-dealkylation sites (tertiary alicyclic amines) is 1. The molecule has 0 spiro atoms. The summed E-state index contributed by atoms with van der Waals surface area (Å²) in [6, 6.07) is 12.3. The standard InChI is InChI=1S/C23H29BrN2O2/c1-18-7-6-8-19(13-18)17-28-23-21(24)14-20(15-22(23)27-2)16-25-9-12-26-10-4-3-5-11-26/h6-8,13-16H,3-5,9-12,17H2,1-2H3. The van der Waals surface area contributed by atoms with Crippen LogP contribution in [0.2, 0.25) is 0 Å². The van der Waals surface area contributed by atoms with Gasteiger partial charge in [-0.3, -0.25) is 4.99 Å². The van der Waals surface area contributed by atoms with Crippen LogP contribution in [-0.4, -0.2) is 44.4 Å². The van der Waals surface area contributed by atoms with Crippen LogP contribution in [0.15, 0.2) is 45.9 Å². The fourth-order valence-electron chi connectivity index (χ4n) is 3.46. The van der Waals surface area contributed by atoms with E-state index >= 15 is 0 Å². The predicted molar refractivity (Wildman–Crippen MR) is 119 cm³/mol. The lowest BCUT2D eigenvalue weighted by Gasteiger charge is -2.25. The lowest BCUT2D eigenvalue weighted by molar-refractivity contribution is 0.235. The number of halogens is 1. The van der Waals surface area contributed by atoms with Gasteiger partial charge in [0.1, 0.15) is 6.61 Å². The molecule has 1 fully saturated rings. The molecule has 0 aliphatic carbocycles. The first-order valence-corrected chi connectivity index (χ1v) is 10.7. The average molecular weight is 445 g/mol. The van der Waals surface area contributed by atoms with Crippen LogP contribution in [0.3, 0.4) is 0 Å². The third kappa shape index (κ3) is 6.08. The van der Waals surface area contributed by atoms with Crippen LogP contribution >= 0.6 is 15.9 Å². The van der Waals surface area contributed by atoms with Crippen molar-refractivity contribution in [3.8, 4) is 11.5 Å². The molecule has 1 heterocycles. The van der Waals surface area contributed by atoms with E-state index in [0.717, 1.165) is 34.4 Å². The van der Waals surface area contributed by atoms with Crippen molar-refractivity contribution < 1.29 is 9.47 Å². The Kier molecular flexibility index (Phi) is 7.92. The molecule has 150 valence electrons. The van der Waals surface area contributed by atoms with Crippen molar-refractivity contribution in [3.05, 3.63) is 57.6 Å². The highest BCUT2D eigenvalue weighted by atomic mass is 79.9. The first-order chi connectivity index (χ1) is 13.7. The number of aliphatic imine (C=N–C) groups is 1. The Labute approximate surface area is 176 Å². The van der Waals surface area contributed by atoms with Crippen LogP contribution in [0.1, 0.15) is 36.0 Å². The van der Waals surface area contributed by atoms with Gasteiger partial charge in [0.15, 0.2) is 11.5 Å². The summed E-state index contributed by atoms with van der Waals surface area (Å²) in [5, 5.41) is 0. The number of hydrogen-bond acceptors (Lipinski definition) is 4. The third-order valence-corrected chi connectivity index (χ3v) is 5.54. The van der Waals surface area contributed by atoms with E-state index in [1.807, 2.05) is 24.4 Å². The maximum atomic E-state index is 6.04. The fraction of sp³-hybridized carbons (Fsp3) is 0.435. The van der Waals surface area contributed by atoms with Gasteiger partial charge in [-0.1, -0.05) is 36.2 Å². The number of benzene rings is 2. The van der Waals surface area contributed by atoms with Crippen molar-refractivity contribution in [2.45, 2.75) is 32.8 Å². The van der Waals surface area contributed by atoms with Crippen molar-refractivity contribution in [2.24, 2.45) is 4.99 Å². The summed E-state index contributed by atoms with van der Waals surface area (Å²) in [4.78, 5) is 7.10. The predicted octanol–water partition coefficient (Wildman–Crippen LogP) is 5.25. The molecule has 0 radical (unpaired) electrons. The van der Waals surface area contributed by atoms with E-state index in [1.165, 1.54) is 37.9 Å². The number of nitrogens with zero attached hydrogens (tertiary/aromatic N) is 2. The largest absolute Gasteiger partial charge is 0.493 e. The molecule has 0 amide bonds. The lowest BCUT2D eigenvalue weighted by Crippen LogP contribution is -2.31. The summed E-state index contributed by atoms with van der Waals surface area (Å²) < 4.78 is 12.5. The second-order valence-electron chi connectivity index (χ2n) is 7.25. The molecule has 0 atom stereocenters. The molecule has 0 bridgehead atoms. The van der Waals surface area contributed by atoms with Crippen LogP contribution in [0.4, 0.5) is 0 Å². The number of methoxy groups -OCH3 is 1. The quantitative estimate of drug-likeness (QED) is 0.521. The molecule has 0 saturated carbocycles. The van der Waals surface area contributed by atoms with Gasteiger partial charge in [-0.05, 0) is 72.0 Å². The topological polar surface area (TPSA) is 34.1 Å². The van der Waals surface area contributed by atoms with Crippen LogP contribution in [0.25, 0.3) is 0 Å². The molecule has 2 aromatic carbocycles. The first-order valence-electron chi connectivity index (χ1n) is 9.94. The van der Waals surface area contributed by atoms with E-state index in [9.17, 15) is 0 Å². The Balaban J connectivity index is 1.61. The van der Waals surface area contributed by atoms with Gasteiger partial charge < -0.3 is 14.4 Å². The smallest absolute Gasteiger partial charge is 0.175 e. The minimum absolute atomic E-state index is 0.500. The molecule has 1 aliphatic rings. The zero-order valence-corrected chi connectivity index (χ0v) is 18.4. The molecule has 3 rings (SSSR count). The lowest BCUT2D eigenvalue weighted by atomic mass is 10.1. The summed E-state index contributed by atoms with van der Waals surface area (Å²) in [5.74, 6) is 1.42. The molecule has 28 heavy (non-hydrogen) atoms. The highest BCUT2D eigenvalue weighted by Gasteiger charge is 2.12. The normalized spacial score (nSPS) is 15.1. The Morgan fingerprint density at radius 1 is 1.14 bits per heavy atom. The molecule has 0 unspecified atom stereocenters. The molecule has 0 N–H and O–H groups in total. The van der Waals surface area contributed by atoms with Gasteiger partial charge in [0.25, 0.3) is 0 Å². The highest BCUT2D eigenvalue weighted by molar-refractivity contribution is 9.10. The molecule has 1 aliphatic heterocycles. The molecule has 5 heteroatoms. The molecule has 0 aromatic heterocycles. The molecule has 1 saturated heterocycles. The SMILES string of the molecule is COc1cc(C=NCCN2CCCCC2)cc(Br)c1OCc1cccc(C)c1. The minimum Gasteiger partial charge on any atom is -0.493 e. The number of hydrogen-bond donors (Lipinski definition) is 0. The average Bonchev–Trinajstić information content (AvgIpc) is 2.71. The summed E-state index contributed by atoms with van der Waals surface area (Å²) >= 11 is 3.62. The molecule has 2 aromatic rings. The Hall–Kier alpha value is -1.85. The minimum atomic E-state index is 0.500. The third-order valence-electron chi connectivity index (χ3n) is 4.95. The Bertz CT molecular complexity index is 801. The van der Waals surface area contributed by atoms with Crippen molar-refractivity contribution in [1.29, 1.82) is 0 Å². The van der Waals surface area contributed by atoms with Crippen molar-refractivity contribution >= 4 is 22.1 Å². The van der Waals surface area contributed by atoms with E-state index in [2.05, 4.69) is 50.9 Å². The fourth-order valence-corrected chi connectivity index (χ4v) is 4.04. The van der Waals surface area contributed by atoms with E-state index in [1.54, 1.807) is 7.11 Å². The van der Waals surface area contributed by atoms with Gasteiger partial charge in [0.05, 0.1) is 18.1 Å². The van der Waals surface area contributed by atoms with Crippen LogP contribution in [0.5, 0.6) is 11.5 Å². The van der Waals surface area contributed by atoms with E-state index < -0.39 is 0 Å². The van der Waals surface area contributed by atoms with Crippen molar-refractivity contribution in [3.63, 3.8) is 0 Å². The van der Waals surface area contributed by atoms with Gasteiger partial charge in [-0.15, -0.1) is 0 Å². The van der Waals surface area contributed by atoms with Crippen molar-refractivity contribution in [2.75, 3.05) is 33.3 Å². The molecule has 4 nitrogen and oxygen atoms in total. The maximum absolute atomic E-state index is 6.04. The van der Waals surface area contributed by atoms with Gasteiger partial charge in [-0.2, -0.15) is 0 Å². The van der Waals surface area contributed by atoms with Gasteiger partial charge >= 0.3 is 0 Å². The number of ether oxygens (including phenoxy) is 2. The number of piperidine rings is 1. The van der Waals surface area contributed by atoms with E-state index in [-0.39, 0.29) is 0 Å². The zero-order valence-electron chi connectivity index (χ0n) is 16.8. The number of rotatable bonds is 8. The van der Waals surface area contributed by atoms with Crippen molar-refractivity contribution in [1.82, 2.24) is 4.90 Å². The molecular formula is C23H29BrN2O2. The van der Waals surface area contributed by atoms with Crippen LogP contribution < -0.4 is 9.47 Å². The Morgan fingerprint density at radius 3 is 2.71 bits per heavy atom. The summed E-state index contributed by atoms with van der Waals surface area (Å²) in [5.41, 5.74) is 3.37. The Morgan fingerprint density at radius 2 is 1.96 bits per heavy atom. The summed E-state index contributed by atoms with van der Waals surface area (Å²) in [7, 11) is 1.67. The second kappa shape index (κ2) is 10.6. The molecular weight excluding hydrogens is 416 g/mol. The van der Waals surface area contributed by atoms with Gasteiger partial charge in [0, 0.05) is 12.8 Å².